The summed E-state index contributed by atoms with van der Waals surface area (Å²) in [5, 5.41) is 5.54. The molecular weight excluding hydrogens is 316 g/mol. The Morgan fingerprint density at radius 1 is 1.23 bits per heavy atom. The van der Waals surface area contributed by atoms with Gasteiger partial charge in [0.1, 0.15) is 0 Å². The van der Waals surface area contributed by atoms with Crippen LogP contribution in [0, 0.1) is 0 Å². The van der Waals surface area contributed by atoms with Gasteiger partial charge in [0.05, 0.1) is 0 Å². The number of fused-ring (bicyclic) bond motifs is 2. The maximum Gasteiger partial charge on any atom is 0.254 e. The standard InChI is InChI=1S/C17H18N2OS.ClH/c20-17(19-9-6-16-12(11-19)7-10-21-16)14-3-1-5-15-13(14)4-2-8-18-15;/h1,3,5,7,10,18H,2,4,6,8-9,11H2;1H. The van der Waals surface area contributed by atoms with Crippen LogP contribution >= 0.6 is 23.7 Å². The van der Waals surface area contributed by atoms with Gasteiger partial charge in [0, 0.05) is 35.8 Å². The first kappa shape index (κ1) is 15.4. The molecule has 2 aliphatic heterocycles. The van der Waals surface area contributed by atoms with E-state index in [1.165, 1.54) is 16.0 Å². The number of thiophene rings is 1. The van der Waals surface area contributed by atoms with E-state index in [2.05, 4.69) is 22.8 Å². The summed E-state index contributed by atoms with van der Waals surface area (Å²) in [6.07, 6.45) is 3.10. The fourth-order valence-corrected chi connectivity index (χ4v) is 4.19. The van der Waals surface area contributed by atoms with E-state index in [9.17, 15) is 4.79 Å². The summed E-state index contributed by atoms with van der Waals surface area (Å²) in [6.45, 7) is 2.60. The summed E-state index contributed by atoms with van der Waals surface area (Å²) in [6, 6.07) is 8.21. The minimum Gasteiger partial charge on any atom is -0.385 e. The van der Waals surface area contributed by atoms with Gasteiger partial charge in [-0.15, -0.1) is 23.7 Å². The zero-order valence-corrected chi connectivity index (χ0v) is 13.9. The van der Waals surface area contributed by atoms with Gasteiger partial charge < -0.3 is 10.2 Å². The molecule has 1 aromatic carbocycles. The summed E-state index contributed by atoms with van der Waals surface area (Å²) in [5.41, 5.74) is 4.55. The van der Waals surface area contributed by atoms with Gasteiger partial charge in [-0.3, -0.25) is 4.79 Å². The quantitative estimate of drug-likeness (QED) is 0.862. The predicted molar refractivity (Wildman–Crippen MR) is 93.3 cm³/mol. The normalized spacial score (nSPS) is 16.1. The number of carbonyl (C=O) groups is 1. The largest absolute Gasteiger partial charge is 0.385 e. The number of benzene rings is 1. The van der Waals surface area contributed by atoms with Gasteiger partial charge >= 0.3 is 0 Å². The van der Waals surface area contributed by atoms with Gasteiger partial charge in [0.2, 0.25) is 0 Å². The van der Waals surface area contributed by atoms with Crippen LogP contribution in [0.15, 0.2) is 29.6 Å². The highest BCUT2D eigenvalue weighted by atomic mass is 35.5. The molecule has 116 valence electrons. The van der Waals surface area contributed by atoms with Crippen molar-refractivity contribution in [3.8, 4) is 0 Å². The fourth-order valence-electron chi connectivity index (χ4n) is 3.30. The highest BCUT2D eigenvalue weighted by Gasteiger charge is 2.25. The summed E-state index contributed by atoms with van der Waals surface area (Å²) < 4.78 is 0. The summed E-state index contributed by atoms with van der Waals surface area (Å²) in [7, 11) is 0. The lowest BCUT2D eigenvalue weighted by Crippen LogP contribution is -2.36. The van der Waals surface area contributed by atoms with Crippen molar-refractivity contribution >= 4 is 35.3 Å². The highest BCUT2D eigenvalue weighted by molar-refractivity contribution is 7.10. The van der Waals surface area contributed by atoms with Crippen molar-refractivity contribution in [2.24, 2.45) is 0 Å². The van der Waals surface area contributed by atoms with Crippen LogP contribution in [-0.2, 0) is 19.4 Å². The van der Waals surface area contributed by atoms with Crippen LogP contribution < -0.4 is 5.32 Å². The molecule has 2 aliphatic rings. The van der Waals surface area contributed by atoms with Crippen LogP contribution in [0.2, 0.25) is 0 Å². The first-order chi connectivity index (χ1) is 10.3. The molecule has 0 atom stereocenters. The molecule has 0 fully saturated rings. The fraction of sp³-hybridized carbons (Fsp3) is 0.353. The summed E-state index contributed by atoms with van der Waals surface area (Å²) in [5.74, 6) is 0.187. The van der Waals surface area contributed by atoms with Gasteiger partial charge in [-0.05, 0) is 54.0 Å². The minimum absolute atomic E-state index is 0. The first-order valence-corrected chi connectivity index (χ1v) is 8.41. The Labute approximate surface area is 140 Å². The maximum absolute atomic E-state index is 12.9. The van der Waals surface area contributed by atoms with Crippen molar-refractivity contribution in [3.63, 3.8) is 0 Å². The Balaban J connectivity index is 0.00000144. The smallest absolute Gasteiger partial charge is 0.254 e. The monoisotopic (exact) mass is 334 g/mol. The summed E-state index contributed by atoms with van der Waals surface area (Å²) in [4.78, 5) is 16.3. The van der Waals surface area contributed by atoms with Crippen molar-refractivity contribution in [3.05, 3.63) is 51.2 Å². The number of hydrogen-bond acceptors (Lipinski definition) is 3. The first-order valence-electron chi connectivity index (χ1n) is 7.53. The maximum atomic E-state index is 12.9. The van der Waals surface area contributed by atoms with E-state index in [4.69, 9.17) is 0 Å². The topological polar surface area (TPSA) is 32.3 Å². The number of carbonyl (C=O) groups excluding carboxylic acids is 1. The van der Waals surface area contributed by atoms with Crippen LogP contribution in [0.5, 0.6) is 0 Å². The second kappa shape index (κ2) is 6.31. The predicted octanol–water partition coefficient (Wildman–Crippen LogP) is 3.73. The molecule has 0 unspecified atom stereocenters. The van der Waals surface area contributed by atoms with Crippen LogP contribution in [0.25, 0.3) is 0 Å². The Bertz CT molecular complexity index is 698. The SMILES string of the molecule is Cl.O=C(c1cccc2c1CCCN2)N1CCc2sccc2C1. The van der Waals surface area contributed by atoms with Crippen molar-refractivity contribution in [1.29, 1.82) is 0 Å². The molecule has 2 aromatic rings. The van der Waals surface area contributed by atoms with Gasteiger partial charge in [0.15, 0.2) is 0 Å². The lowest BCUT2D eigenvalue weighted by Gasteiger charge is -2.29. The molecule has 22 heavy (non-hydrogen) atoms. The average molecular weight is 335 g/mol. The van der Waals surface area contributed by atoms with E-state index in [1.807, 2.05) is 28.4 Å². The van der Waals surface area contributed by atoms with E-state index < -0.39 is 0 Å². The molecule has 0 aliphatic carbocycles. The third-order valence-corrected chi connectivity index (χ3v) is 5.44. The lowest BCUT2D eigenvalue weighted by atomic mass is 9.96. The second-order valence-corrected chi connectivity index (χ2v) is 6.71. The van der Waals surface area contributed by atoms with Crippen LogP contribution in [0.1, 0.15) is 32.8 Å². The van der Waals surface area contributed by atoms with Crippen LogP contribution in [0.4, 0.5) is 5.69 Å². The molecule has 4 rings (SSSR count). The molecule has 1 amide bonds. The number of anilines is 1. The Kier molecular flexibility index (Phi) is 4.41. The molecular formula is C17H19ClN2OS. The molecule has 1 N–H and O–H groups in total. The molecule has 1 aromatic heterocycles. The number of halogens is 1. The third kappa shape index (κ3) is 2.61. The van der Waals surface area contributed by atoms with Crippen LogP contribution in [-0.4, -0.2) is 23.9 Å². The molecule has 5 heteroatoms. The number of amides is 1. The molecule has 0 saturated carbocycles. The number of nitrogens with one attached hydrogen (secondary N) is 1. The molecule has 0 spiro atoms. The van der Waals surface area contributed by atoms with Crippen molar-refractivity contribution in [1.82, 2.24) is 4.90 Å². The zero-order valence-electron chi connectivity index (χ0n) is 12.3. The minimum atomic E-state index is 0. The molecule has 0 bridgehead atoms. The average Bonchev–Trinajstić information content (AvgIpc) is 3.01. The number of nitrogens with zero attached hydrogens (tertiary/aromatic N) is 1. The third-order valence-electron chi connectivity index (χ3n) is 4.42. The lowest BCUT2D eigenvalue weighted by molar-refractivity contribution is 0.0734. The van der Waals surface area contributed by atoms with E-state index in [0.29, 0.717) is 0 Å². The van der Waals surface area contributed by atoms with Crippen molar-refractivity contribution < 1.29 is 4.79 Å². The second-order valence-electron chi connectivity index (χ2n) is 5.71. The molecule has 3 nitrogen and oxygen atoms in total. The van der Waals surface area contributed by atoms with Gasteiger partial charge in [-0.1, -0.05) is 6.07 Å². The Morgan fingerprint density at radius 3 is 3.05 bits per heavy atom. The van der Waals surface area contributed by atoms with Gasteiger partial charge in [-0.25, -0.2) is 0 Å². The Morgan fingerprint density at radius 2 is 2.14 bits per heavy atom. The molecule has 0 saturated heterocycles. The van der Waals surface area contributed by atoms with E-state index >= 15 is 0 Å². The highest BCUT2D eigenvalue weighted by Crippen LogP contribution is 2.29. The van der Waals surface area contributed by atoms with E-state index in [1.54, 1.807) is 0 Å². The number of hydrogen-bond donors (Lipinski definition) is 1. The Hall–Kier alpha value is -1.52. The molecule has 0 radical (unpaired) electrons. The van der Waals surface area contributed by atoms with Crippen molar-refractivity contribution in [2.75, 3.05) is 18.4 Å². The molecule has 3 heterocycles. The van der Waals surface area contributed by atoms with Gasteiger partial charge in [-0.2, -0.15) is 0 Å². The van der Waals surface area contributed by atoms with E-state index in [-0.39, 0.29) is 18.3 Å². The summed E-state index contributed by atoms with van der Waals surface area (Å²) >= 11 is 1.81. The number of rotatable bonds is 1. The van der Waals surface area contributed by atoms with E-state index in [0.717, 1.165) is 50.1 Å². The van der Waals surface area contributed by atoms with Crippen molar-refractivity contribution in [2.45, 2.75) is 25.8 Å². The zero-order chi connectivity index (χ0) is 14.2. The van der Waals surface area contributed by atoms with Crippen LogP contribution in [0.3, 0.4) is 0 Å². The van der Waals surface area contributed by atoms with Gasteiger partial charge in [0.25, 0.3) is 5.91 Å².